The van der Waals surface area contributed by atoms with Crippen LogP contribution in [-0.4, -0.2) is 35.1 Å². The molecule has 0 unspecified atom stereocenters. The van der Waals surface area contributed by atoms with Crippen molar-refractivity contribution in [3.63, 3.8) is 0 Å². The number of esters is 1. The lowest BCUT2D eigenvalue weighted by Crippen LogP contribution is -2.34. The predicted octanol–water partition coefficient (Wildman–Crippen LogP) is 1.43. The first-order chi connectivity index (χ1) is 9.51. The fourth-order valence-corrected chi connectivity index (χ4v) is 2.01. The number of hydrogen-bond acceptors (Lipinski definition) is 5. The van der Waals surface area contributed by atoms with Crippen molar-refractivity contribution in [1.29, 1.82) is 0 Å². The van der Waals surface area contributed by atoms with Gasteiger partial charge in [0.05, 0.1) is 6.61 Å². The van der Waals surface area contributed by atoms with Crippen LogP contribution >= 0.6 is 0 Å². The number of carbonyl (C=O) groups is 1. The van der Waals surface area contributed by atoms with Crippen molar-refractivity contribution in [2.45, 2.75) is 45.6 Å². The Bertz CT molecular complexity index is 535. The van der Waals surface area contributed by atoms with Gasteiger partial charge in [0.1, 0.15) is 18.2 Å². The average molecular weight is 279 g/mol. The molecule has 0 aromatic carbocycles. The van der Waals surface area contributed by atoms with E-state index in [1.165, 1.54) is 6.07 Å². The Morgan fingerprint density at radius 2 is 2.25 bits per heavy atom. The molecule has 1 heterocycles. The molecule has 20 heavy (non-hydrogen) atoms. The lowest BCUT2D eigenvalue weighted by atomic mass is 10.2. The van der Waals surface area contributed by atoms with E-state index in [0.717, 1.165) is 12.8 Å². The lowest BCUT2D eigenvalue weighted by Gasteiger charge is -2.22. The van der Waals surface area contributed by atoms with Gasteiger partial charge in [-0.3, -0.25) is 9.59 Å². The molecule has 0 atom stereocenters. The van der Waals surface area contributed by atoms with Crippen molar-refractivity contribution < 1.29 is 9.53 Å². The second-order valence-corrected chi connectivity index (χ2v) is 5.31. The first-order valence-electron chi connectivity index (χ1n) is 7.04. The number of nitrogens with zero attached hydrogens (tertiary/aromatic N) is 2. The zero-order valence-electron chi connectivity index (χ0n) is 12.2. The molecule has 0 amide bonds. The highest BCUT2D eigenvalue weighted by molar-refractivity contribution is 5.75. The fourth-order valence-electron chi connectivity index (χ4n) is 2.01. The van der Waals surface area contributed by atoms with Crippen LogP contribution in [0.4, 0.5) is 5.82 Å². The normalized spacial score (nSPS) is 14.4. The number of aromatic nitrogens is 2. The smallest absolute Gasteiger partial charge is 0.325 e. The van der Waals surface area contributed by atoms with Crippen LogP contribution in [0.5, 0.6) is 0 Å². The first kappa shape index (κ1) is 14.6. The standard InChI is InChI=1S/C14H21N3O3/c1-4-20-13(19)8-17(10-5-6-10)11-7-12(18)16-14(15-11)9(2)3/h7,9-10H,4-6,8H2,1-3H3,(H,15,16,18). The molecule has 1 aromatic rings. The van der Waals surface area contributed by atoms with Crippen LogP contribution in [0.3, 0.4) is 0 Å². The molecule has 1 saturated carbocycles. The van der Waals surface area contributed by atoms with E-state index in [9.17, 15) is 9.59 Å². The molecule has 0 spiro atoms. The molecule has 6 heteroatoms. The van der Waals surface area contributed by atoms with Gasteiger partial charge in [0.15, 0.2) is 0 Å². The van der Waals surface area contributed by atoms with Gasteiger partial charge in [-0.05, 0) is 19.8 Å². The first-order valence-corrected chi connectivity index (χ1v) is 7.04. The summed E-state index contributed by atoms with van der Waals surface area (Å²) >= 11 is 0. The molecular weight excluding hydrogens is 258 g/mol. The molecule has 0 radical (unpaired) electrons. The minimum Gasteiger partial charge on any atom is -0.465 e. The van der Waals surface area contributed by atoms with Gasteiger partial charge < -0.3 is 14.6 Å². The summed E-state index contributed by atoms with van der Waals surface area (Å²) in [6.07, 6.45) is 2.04. The third-order valence-electron chi connectivity index (χ3n) is 3.18. The third kappa shape index (κ3) is 3.59. The summed E-state index contributed by atoms with van der Waals surface area (Å²) in [6, 6.07) is 1.73. The SMILES string of the molecule is CCOC(=O)CN(c1cc(=O)[nH]c(C(C)C)n1)C1CC1. The highest BCUT2D eigenvalue weighted by atomic mass is 16.5. The molecule has 1 aliphatic carbocycles. The van der Waals surface area contributed by atoms with Crippen molar-refractivity contribution in [2.75, 3.05) is 18.1 Å². The van der Waals surface area contributed by atoms with Crippen LogP contribution in [0.1, 0.15) is 45.4 Å². The maximum atomic E-state index is 11.7. The van der Waals surface area contributed by atoms with Gasteiger partial charge >= 0.3 is 5.97 Å². The summed E-state index contributed by atoms with van der Waals surface area (Å²) in [5.41, 5.74) is -0.187. The van der Waals surface area contributed by atoms with Crippen molar-refractivity contribution >= 4 is 11.8 Å². The van der Waals surface area contributed by atoms with Crippen molar-refractivity contribution in [3.05, 3.63) is 22.2 Å². The quantitative estimate of drug-likeness (QED) is 0.797. The second kappa shape index (κ2) is 6.07. The van der Waals surface area contributed by atoms with Crippen LogP contribution in [0, 0.1) is 0 Å². The third-order valence-corrected chi connectivity index (χ3v) is 3.18. The number of hydrogen-bond donors (Lipinski definition) is 1. The Morgan fingerprint density at radius 1 is 1.55 bits per heavy atom. The predicted molar refractivity (Wildman–Crippen MR) is 75.9 cm³/mol. The minimum atomic E-state index is -0.285. The van der Waals surface area contributed by atoms with Crippen LogP contribution < -0.4 is 10.5 Å². The fraction of sp³-hybridized carbons (Fsp3) is 0.643. The Kier molecular flexibility index (Phi) is 4.42. The summed E-state index contributed by atoms with van der Waals surface area (Å²) in [5, 5.41) is 0. The minimum absolute atomic E-state index is 0.131. The van der Waals surface area contributed by atoms with Gasteiger partial charge in [0.2, 0.25) is 0 Å². The topological polar surface area (TPSA) is 75.3 Å². The van der Waals surface area contributed by atoms with E-state index in [2.05, 4.69) is 9.97 Å². The van der Waals surface area contributed by atoms with Crippen molar-refractivity contribution in [2.24, 2.45) is 0 Å². The number of H-pyrrole nitrogens is 1. The maximum absolute atomic E-state index is 11.7. The lowest BCUT2D eigenvalue weighted by molar-refractivity contribution is -0.141. The Balaban J connectivity index is 2.25. The van der Waals surface area contributed by atoms with Gasteiger partial charge in [-0.15, -0.1) is 0 Å². The number of aromatic amines is 1. The van der Waals surface area contributed by atoms with Crippen molar-refractivity contribution in [3.8, 4) is 0 Å². The van der Waals surface area contributed by atoms with Gasteiger partial charge in [0, 0.05) is 18.0 Å². The molecule has 2 rings (SSSR count). The number of carbonyl (C=O) groups excluding carboxylic acids is 1. The van der Waals surface area contributed by atoms with Crippen LogP contribution in [-0.2, 0) is 9.53 Å². The monoisotopic (exact) mass is 279 g/mol. The molecule has 0 bridgehead atoms. The summed E-state index contributed by atoms with van der Waals surface area (Å²) in [7, 11) is 0. The molecule has 1 aromatic heterocycles. The number of anilines is 1. The molecule has 1 fully saturated rings. The molecule has 110 valence electrons. The molecule has 0 aliphatic heterocycles. The zero-order valence-corrected chi connectivity index (χ0v) is 12.2. The van der Waals surface area contributed by atoms with E-state index in [1.54, 1.807) is 6.92 Å². The summed E-state index contributed by atoms with van der Waals surface area (Å²) in [6.45, 7) is 6.22. The second-order valence-electron chi connectivity index (χ2n) is 5.31. The number of rotatable bonds is 6. The molecule has 1 N–H and O–H groups in total. The van der Waals surface area contributed by atoms with E-state index in [4.69, 9.17) is 4.74 Å². The summed E-state index contributed by atoms with van der Waals surface area (Å²) in [5.74, 6) is 1.05. The largest absolute Gasteiger partial charge is 0.465 e. The van der Waals surface area contributed by atoms with Crippen LogP contribution in [0.25, 0.3) is 0 Å². The van der Waals surface area contributed by atoms with Gasteiger partial charge in [-0.1, -0.05) is 13.8 Å². The highest BCUT2D eigenvalue weighted by Crippen LogP contribution is 2.30. The molecular formula is C14H21N3O3. The molecule has 1 aliphatic rings. The average Bonchev–Trinajstić information content (AvgIpc) is 3.19. The van der Waals surface area contributed by atoms with Gasteiger partial charge in [0.25, 0.3) is 5.56 Å². The maximum Gasteiger partial charge on any atom is 0.325 e. The van der Waals surface area contributed by atoms with E-state index < -0.39 is 0 Å². The Labute approximate surface area is 118 Å². The van der Waals surface area contributed by atoms with E-state index in [1.807, 2.05) is 18.7 Å². The summed E-state index contributed by atoms with van der Waals surface area (Å²) < 4.78 is 4.99. The Morgan fingerprint density at radius 3 is 2.80 bits per heavy atom. The van der Waals surface area contributed by atoms with Crippen LogP contribution in [0.2, 0.25) is 0 Å². The van der Waals surface area contributed by atoms with E-state index >= 15 is 0 Å². The Hall–Kier alpha value is -1.85. The summed E-state index contributed by atoms with van der Waals surface area (Å²) in [4.78, 5) is 32.5. The number of nitrogens with one attached hydrogen (secondary N) is 1. The van der Waals surface area contributed by atoms with Crippen molar-refractivity contribution in [1.82, 2.24) is 9.97 Å². The van der Waals surface area contributed by atoms with E-state index in [-0.39, 0.29) is 30.0 Å². The van der Waals surface area contributed by atoms with E-state index in [0.29, 0.717) is 18.2 Å². The molecule has 6 nitrogen and oxygen atoms in total. The van der Waals surface area contributed by atoms with Crippen LogP contribution in [0.15, 0.2) is 10.9 Å². The zero-order chi connectivity index (χ0) is 14.7. The highest BCUT2D eigenvalue weighted by Gasteiger charge is 2.32. The molecule has 0 saturated heterocycles. The van der Waals surface area contributed by atoms with Gasteiger partial charge in [-0.25, -0.2) is 4.98 Å². The van der Waals surface area contributed by atoms with Gasteiger partial charge in [-0.2, -0.15) is 0 Å². The number of ether oxygens (including phenoxy) is 1.